The molecule has 1 fully saturated rings. The summed E-state index contributed by atoms with van der Waals surface area (Å²) >= 11 is 6.73. The van der Waals surface area contributed by atoms with Crippen molar-refractivity contribution in [3.05, 3.63) is 88.0 Å². The van der Waals surface area contributed by atoms with Crippen LogP contribution in [0.2, 0.25) is 0 Å². The van der Waals surface area contributed by atoms with Gasteiger partial charge in [0, 0.05) is 18.2 Å². The van der Waals surface area contributed by atoms with Crippen molar-refractivity contribution in [2.24, 2.45) is 0 Å². The largest absolute Gasteiger partial charge is 0.462 e. The number of amides is 1. The quantitative estimate of drug-likeness (QED) is 0.241. The van der Waals surface area contributed by atoms with Crippen molar-refractivity contribution in [2.75, 3.05) is 13.2 Å². The molecule has 1 amide bonds. The first-order valence-corrected chi connectivity index (χ1v) is 11.9. The molecule has 0 N–H and O–H groups in total. The van der Waals surface area contributed by atoms with Crippen molar-refractivity contribution in [2.45, 2.75) is 20.3 Å². The number of carbonyl (C=O) groups is 2. The first-order valence-electron chi connectivity index (χ1n) is 10.6. The maximum atomic E-state index is 12.9. The summed E-state index contributed by atoms with van der Waals surface area (Å²) in [5.74, 6) is 0.757. The van der Waals surface area contributed by atoms with Crippen molar-refractivity contribution in [1.29, 1.82) is 0 Å². The van der Waals surface area contributed by atoms with Gasteiger partial charge in [-0.2, -0.15) is 0 Å². The fourth-order valence-electron chi connectivity index (χ4n) is 3.39. The lowest BCUT2D eigenvalue weighted by Gasteiger charge is -2.14. The van der Waals surface area contributed by atoms with Crippen LogP contribution >= 0.6 is 24.0 Å². The average Bonchev–Trinajstić information content (AvgIpc) is 3.38. The molecule has 0 unspecified atom stereocenters. The summed E-state index contributed by atoms with van der Waals surface area (Å²) in [5, 5.41) is 0. The van der Waals surface area contributed by atoms with Gasteiger partial charge >= 0.3 is 5.97 Å². The highest BCUT2D eigenvalue weighted by molar-refractivity contribution is 8.26. The lowest BCUT2D eigenvalue weighted by Crippen LogP contribution is -2.30. The zero-order valence-corrected chi connectivity index (χ0v) is 20.0. The van der Waals surface area contributed by atoms with E-state index in [0.717, 1.165) is 12.0 Å². The first-order chi connectivity index (χ1) is 15.9. The van der Waals surface area contributed by atoms with Crippen LogP contribution in [0.4, 0.5) is 0 Å². The minimum atomic E-state index is -0.353. The summed E-state index contributed by atoms with van der Waals surface area (Å²) < 4.78 is 11.5. The smallest absolute Gasteiger partial charge is 0.338 e. The number of rotatable bonds is 7. The van der Waals surface area contributed by atoms with E-state index < -0.39 is 0 Å². The Bertz CT molecular complexity index is 1210. The van der Waals surface area contributed by atoms with Crippen LogP contribution in [0.25, 0.3) is 17.4 Å². The normalized spacial score (nSPS) is 14.8. The molecule has 1 aliphatic rings. The number of hydrogen-bond acceptors (Lipinski definition) is 6. The standard InChI is InChI=1S/C26H23NO4S2/c1-3-30-25(29)20-10-8-19(9-11-20)22-13-12-21(31-22)16-23-24(28)27(26(32)33-23)15-14-18-6-4-17(2)5-7-18/h4-13,16H,3,14-15H2,1-2H3/b23-16-. The van der Waals surface area contributed by atoms with E-state index in [1.165, 1.54) is 22.9 Å². The Morgan fingerprint density at radius 3 is 2.52 bits per heavy atom. The summed E-state index contributed by atoms with van der Waals surface area (Å²) in [6, 6.07) is 19.0. The molecule has 168 valence electrons. The summed E-state index contributed by atoms with van der Waals surface area (Å²) in [7, 11) is 0. The van der Waals surface area contributed by atoms with Crippen LogP contribution in [0.5, 0.6) is 0 Å². The van der Waals surface area contributed by atoms with Gasteiger partial charge in [-0.3, -0.25) is 9.69 Å². The molecule has 1 aromatic heterocycles. The predicted molar refractivity (Wildman–Crippen MR) is 135 cm³/mol. The summed E-state index contributed by atoms with van der Waals surface area (Å²) in [5.41, 5.74) is 3.69. The summed E-state index contributed by atoms with van der Waals surface area (Å²) in [6.45, 7) is 4.70. The second kappa shape index (κ2) is 10.2. The molecule has 0 radical (unpaired) electrons. The number of nitrogens with zero attached hydrogens (tertiary/aromatic N) is 1. The van der Waals surface area contributed by atoms with Crippen LogP contribution < -0.4 is 0 Å². The van der Waals surface area contributed by atoms with Crippen LogP contribution in [0, 0.1) is 6.92 Å². The van der Waals surface area contributed by atoms with Gasteiger partial charge in [-0.05, 0) is 50.1 Å². The third kappa shape index (κ3) is 5.43. The lowest BCUT2D eigenvalue weighted by atomic mass is 10.1. The molecule has 33 heavy (non-hydrogen) atoms. The number of hydrogen-bond donors (Lipinski definition) is 0. The fraction of sp³-hybridized carbons (Fsp3) is 0.192. The van der Waals surface area contributed by atoms with Gasteiger partial charge in [-0.15, -0.1) is 0 Å². The van der Waals surface area contributed by atoms with E-state index in [1.807, 2.05) is 12.1 Å². The second-order valence-electron chi connectivity index (χ2n) is 7.57. The third-order valence-corrected chi connectivity index (χ3v) is 6.58. The summed E-state index contributed by atoms with van der Waals surface area (Å²) in [4.78, 5) is 26.9. The molecule has 7 heteroatoms. The van der Waals surface area contributed by atoms with Crippen molar-refractivity contribution in [3.63, 3.8) is 0 Å². The highest BCUT2D eigenvalue weighted by Crippen LogP contribution is 2.33. The minimum absolute atomic E-state index is 0.103. The van der Waals surface area contributed by atoms with Crippen molar-refractivity contribution < 1.29 is 18.7 Å². The maximum Gasteiger partial charge on any atom is 0.338 e. The molecule has 0 spiro atoms. The molecular formula is C26H23NO4S2. The number of esters is 1. The molecule has 0 bridgehead atoms. The number of furan rings is 1. The van der Waals surface area contributed by atoms with E-state index >= 15 is 0 Å². The average molecular weight is 478 g/mol. The number of ether oxygens (including phenoxy) is 1. The highest BCUT2D eigenvalue weighted by atomic mass is 32.2. The molecule has 0 aliphatic carbocycles. The predicted octanol–water partition coefficient (Wildman–Crippen LogP) is 5.88. The fourth-order valence-corrected chi connectivity index (χ4v) is 4.68. The molecule has 4 rings (SSSR count). The molecule has 5 nitrogen and oxygen atoms in total. The highest BCUT2D eigenvalue weighted by Gasteiger charge is 2.31. The van der Waals surface area contributed by atoms with Crippen molar-refractivity contribution in [1.82, 2.24) is 4.90 Å². The van der Waals surface area contributed by atoms with Gasteiger partial charge in [-0.25, -0.2) is 4.79 Å². The monoisotopic (exact) mass is 477 g/mol. The topological polar surface area (TPSA) is 59.8 Å². The molecule has 2 aromatic carbocycles. The Labute approximate surface area is 202 Å². The Balaban J connectivity index is 1.43. The Kier molecular flexibility index (Phi) is 7.11. The number of benzene rings is 2. The van der Waals surface area contributed by atoms with Crippen LogP contribution in [0.3, 0.4) is 0 Å². The van der Waals surface area contributed by atoms with Gasteiger partial charge in [0.2, 0.25) is 0 Å². The number of carbonyl (C=O) groups excluding carboxylic acids is 2. The van der Waals surface area contributed by atoms with Gasteiger partial charge in [0.1, 0.15) is 15.8 Å². The van der Waals surface area contributed by atoms with Gasteiger partial charge in [-0.1, -0.05) is 65.9 Å². The lowest BCUT2D eigenvalue weighted by molar-refractivity contribution is -0.122. The van der Waals surface area contributed by atoms with Gasteiger partial charge < -0.3 is 9.15 Å². The zero-order valence-electron chi connectivity index (χ0n) is 18.4. The van der Waals surface area contributed by atoms with Gasteiger partial charge in [0.15, 0.2) is 0 Å². The molecular weight excluding hydrogens is 454 g/mol. The number of aryl methyl sites for hydroxylation is 1. The van der Waals surface area contributed by atoms with Gasteiger partial charge in [0.25, 0.3) is 5.91 Å². The van der Waals surface area contributed by atoms with Crippen LogP contribution in [-0.4, -0.2) is 34.2 Å². The van der Waals surface area contributed by atoms with E-state index in [0.29, 0.717) is 39.5 Å². The van der Waals surface area contributed by atoms with Crippen LogP contribution in [0.15, 0.2) is 70.0 Å². The molecule has 1 aliphatic heterocycles. The zero-order chi connectivity index (χ0) is 23.4. The van der Waals surface area contributed by atoms with Crippen molar-refractivity contribution in [3.8, 4) is 11.3 Å². The molecule has 2 heterocycles. The van der Waals surface area contributed by atoms with E-state index in [9.17, 15) is 9.59 Å². The molecule has 1 saturated heterocycles. The molecule has 3 aromatic rings. The van der Waals surface area contributed by atoms with Gasteiger partial charge in [0.05, 0.1) is 17.1 Å². The Morgan fingerprint density at radius 1 is 1.09 bits per heavy atom. The number of thioether (sulfide) groups is 1. The van der Waals surface area contributed by atoms with Crippen molar-refractivity contribution >= 4 is 46.3 Å². The SMILES string of the molecule is CCOC(=O)c1ccc(-c2ccc(/C=C3\SC(=S)N(CCc4ccc(C)cc4)C3=O)o2)cc1. The Hall–Kier alpha value is -3.16. The third-order valence-electron chi connectivity index (χ3n) is 5.20. The van der Waals surface area contributed by atoms with Crippen LogP contribution in [0.1, 0.15) is 34.2 Å². The van der Waals surface area contributed by atoms with Crippen LogP contribution in [-0.2, 0) is 16.0 Å². The van der Waals surface area contributed by atoms with E-state index in [4.69, 9.17) is 21.4 Å². The minimum Gasteiger partial charge on any atom is -0.462 e. The number of thiocarbonyl (C=S) groups is 1. The Morgan fingerprint density at radius 2 is 1.82 bits per heavy atom. The van der Waals surface area contributed by atoms with E-state index in [1.54, 1.807) is 42.2 Å². The maximum absolute atomic E-state index is 12.9. The van der Waals surface area contributed by atoms with E-state index in [2.05, 4.69) is 31.2 Å². The van der Waals surface area contributed by atoms with E-state index in [-0.39, 0.29) is 11.9 Å². The first kappa shape index (κ1) is 23.0. The molecule has 0 atom stereocenters. The second-order valence-corrected chi connectivity index (χ2v) is 9.24. The molecule has 0 saturated carbocycles. The summed E-state index contributed by atoms with van der Waals surface area (Å²) in [6.07, 6.45) is 2.47.